The number of carbonyl (C=O) groups excluding carboxylic acids is 1. The van der Waals surface area contributed by atoms with Crippen LogP contribution in [0.4, 0.5) is 5.69 Å². The van der Waals surface area contributed by atoms with Crippen molar-refractivity contribution >= 4 is 35.0 Å². The van der Waals surface area contributed by atoms with Gasteiger partial charge in [0.2, 0.25) is 5.91 Å². The Balaban J connectivity index is 1.59. The quantitative estimate of drug-likeness (QED) is 0.394. The monoisotopic (exact) mass is 428 g/mol. The van der Waals surface area contributed by atoms with E-state index in [1.807, 2.05) is 35.8 Å². The molecule has 1 N–H and O–H groups in total. The highest BCUT2D eigenvalue weighted by atomic mass is 35.5. The van der Waals surface area contributed by atoms with Gasteiger partial charge in [0.25, 0.3) is 0 Å². The molecule has 2 aromatic carbocycles. The van der Waals surface area contributed by atoms with Gasteiger partial charge in [0.15, 0.2) is 11.0 Å². The van der Waals surface area contributed by atoms with Gasteiger partial charge >= 0.3 is 0 Å². The summed E-state index contributed by atoms with van der Waals surface area (Å²) in [5.41, 5.74) is 1.86. The molecule has 29 heavy (non-hydrogen) atoms. The van der Waals surface area contributed by atoms with Crippen LogP contribution in [0.25, 0.3) is 0 Å². The minimum Gasteiger partial charge on any atom is -0.486 e. The molecule has 0 atom stereocenters. The predicted molar refractivity (Wildman–Crippen MR) is 117 cm³/mol. The molecule has 0 aliphatic heterocycles. The van der Waals surface area contributed by atoms with Gasteiger partial charge in [-0.3, -0.25) is 9.36 Å². The molecule has 0 saturated carbocycles. The van der Waals surface area contributed by atoms with E-state index in [2.05, 4.69) is 22.1 Å². The van der Waals surface area contributed by atoms with Crippen LogP contribution in [0, 0.1) is 6.92 Å². The lowest BCUT2D eigenvalue weighted by molar-refractivity contribution is -0.113. The maximum Gasteiger partial charge on any atom is 0.234 e. The number of allylic oxidation sites excluding steroid dienone is 1. The third-order valence-electron chi connectivity index (χ3n) is 3.95. The predicted octanol–water partition coefficient (Wildman–Crippen LogP) is 4.74. The fourth-order valence-corrected chi connectivity index (χ4v) is 3.38. The van der Waals surface area contributed by atoms with Crippen LogP contribution < -0.4 is 10.1 Å². The number of nitrogens with one attached hydrogen (secondary N) is 1. The molecule has 0 spiro atoms. The van der Waals surface area contributed by atoms with Crippen LogP contribution in [-0.2, 0) is 17.9 Å². The minimum absolute atomic E-state index is 0.136. The summed E-state index contributed by atoms with van der Waals surface area (Å²) in [7, 11) is 0. The molecule has 1 amide bonds. The zero-order chi connectivity index (χ0) is 20.6. The van der Waals surface area contributed by atoms with Crippen molar-refractivity contribution in [1.29, 1.82) is 0 Å². The molecule has 0 bridgehead atoms. The molecule has 3 rings (SSSR count). The van der Waals surface area contributed by atoms with Crippen LogP contribution >= 0.6 is 23.4 Å². The van der Waals surface area contributed by atoms with Gasteiger partial charge in [0.1, 0.15) is 12.4 Å². The third-order valence-corrected chi connectivity index (χ3v) is 5.17. The summed E-state index contributed by atoms with van der Waals surface area (Å²) >= 11 is 7.17. The summed E-state index contributed by atoms with van der Waals surface area (Å²) in [4.78, 5) is 12.2. The minimum atomic E-state index is -0.136. The zero-order valence-electron chi connectivity index (χ0n) is 16.0. The third kappa shape index (κ3) is 6.10. The Hall–Kier alpha value is -2.77. The summed E-state index contributed by atoms with van der Waals surface area (Å²) in [6.07, 6.45) is 1.76. The standard InChI is InChI=1S/C21H21ClN4O2S/c1-3-12-26-19(13-28-18-10-4-15(2)5-11-18)24-25-21(26)29-14-20(27)23-17-8-6-16(22)7-9-17/h3-11H,1,12-14H2,2H3,(H,23,27). The summed E-state index contributed by atoms with van der Waals surface area (Å²) in [6, 6.07) is 14.8. The largest absolute Gasteiger partial charge is 0.486 e. The lowest BCUT2D eigenvalue weighted by Gasteiger charge is -2.09. The first kappa shape index (κ1) is 21.0. The van der Waals surface area contributed by atoms with Crippen LogP contribution in [0.15, 0.2) is 66.3 Å². The van der Waals surface area contributed by atoms with Crippen LogP contribution in [0.2, 0.25) is 5.02 Å². The van der Waals surface area contributed by atoms with Gasteiger partial charge in [-0.15, -0.1) is 16.8 Å². The van der Waals surface area contributed by atoms with Crippen LogP contribution in [0.5, 0.6) is 5.75 Å². The van der Waals surface area contributed by atoms with Crippen molar-refractivity contribution in [2.75, 3.05) is 11.1 Å². The Bertz CT molecular complexity index is 971. The van der Waals surface area contributed by atoms with Crippen molar-refractivity contribution in [3.05, 3.63) is 77.6 Å². The number of nitrogens with zero attached hydrogens (tertiary/aromatic N) is 3. The number of benzene rings is 2. The molecule has 0 unspecified atom stereocenters. The van der Waals surface area contributed by atoms with Gasteiger partial charge in [-0.1, -0.05) is 47.1 Å². The highest BCUT2D eigenvalue weighted by molar-refractivity contribution is 7.99. The number of carbonyl (C=O) groups is 1. The van der Waals surface area contributed by atoms with Gasteiger partial charge in [0.05, 0.1) is 5.75 Å². The number of anilines is 1. The average Bonchev–Trinajstić information content (AvgIpc) is 3.10. The topological polar surface area (TPSA) is 69.0 Å². The fourth-order valence-electron chi connectivity index (χ4n) is 2.49. The molecule has 0 aliphatic carbocycles. The summed E-state index contributed by atoms with van der Waals surface area (Å²) < 4.78 is 7.69. The average molecular weight is 429 g/mol. The Morgan fingerprint density at radius 2 is 1.93 bits per heavy atom. The van der Waals surface area contributed by atoms with Gasteiger partial charge in [-0.25, -0.2) is 0 Å². The van der Waals surface area contributed by atoms with E-state index in [4.69, 9.17) is 16.3 Å². The number of hydrogen-bond acceptors (Lipinski definition) is 5. The van der Waals surface area contributed by atoms with Gasteiger partial charge in [-0.05, 0) is 43.3 Å². The van der Waals surface area contributed by atoms with Crippen molar-refractivity contribution in [3.63, 3.8) is 0 Å². The van der Waals surface area contributed by atoms with Crippen LogP contribution in [0.1, 0.15) is 11.4 Å². The molecular weight excluding hydrogens is 408 g/mol. The van der Waals surface area contributed by atoms with Crippen LogP contribution in [-0.4, -0.2) is 26.4 Å². The zero-order valence-corrected chi connectivity index (χ0v) is 17.5. The Labute approximate surface area is 178 Å². The summed E-state index contributed by atoms with van der Waals surface area (Å²) in [6.45, 7) is 6.62. The van der Waals surface area contributed by atoms with Gasteiger partial charge in [-0.2, -0.15) is 0 Å². The Morgan fingerprint density at radius 3 is 2.62 bits per heavy atom. The smallest absolute Gasteiger partial charge is 0.234 e. The number of ether oxygens (including phenoxy) is 1. The number of amides is 1. The first-order valence-corrected chi connectivity index (χ1v) is 10.3. The van der Waals surface area contributed by atoms with Gasteiger partial charge < -0.3 is 10.1 Å². The van der Waals surface area contributed by atoms with Crippen molar-refractivity contribution in [1.82, 2.24) is 14.8 Å². The first-order chi connectivity index (χ1) is 14.0. The first-order valence-electron chi connectivity index (χ1n) is 8.96. The molecule has 0 fully saturated rings. The normalized spacial score (nSPS) is 10.6. The Kier molecular flexibility index (Phi) is 7.32. The lowest BCUT2D eigenvalue weighted by Crippen LogP contribution is -2.15. The lowest BCUT2D eigenvalue weighted by atomic mass is 10.2. The molecule has 150 valence electrons. The van der Waals surface area contributed by atoms with E-state index in [1.54, 1.807) is 30.3 Å². The van der Waals surface area contributed by atoms with Crippen molar-refractivity contribution in [2.24, 2.45) is 0 Å². The van der Waals surface area contributed by atoms with E-state index in [0.717, 1.165) is 5.75 Å². The van der Waals surface area contributed by atoms with E-state index in [0.29, 0.717) is 28.2 Å². The molecule has 1 aromatic heterocycles. The maximum absolute atomic E-state index is 12.2. The van der Waals surface area contributed by atoms with Crippen LogP contribution in [0.3, 0.4) is 0 Å². The van der Waals surface area contributed by atoms with E-state index < -0.39 is 0 Å². The molecule has 0 saturated heterocycles. The van der Waals surface area contributed by atoms with Crippen molar-refractivity contribution in [3.8, 4) is 5.75 Å². The second-order valence-corrected chi connectivity index (χ2v) is 7.62. The maximum atomic E-state index is 12.2. The van der Waals surface area contributed by atoms with E-state index in [-0.39, 0.29) is 18.3 Å². The number of aromatic nitrogens is 3. The summed E-state index contributed by atoms with van der Waals surface area (Å²) in [5.74, 6) is 1.51. The molecule has 1 heterocycles. The molecule has 3 aromatic rings. The molecule has 0 radical (unpaired) electrons. The molecule has 0 aliphatic rings. The van der Waals surface area contributed by atoms with E-state index in [1.165, 1.54) is 17.3 Å². The number of aryl methyl sites for hydroxylation is 1. The number of halogens is 1. The SMILES string of the molecule is C=CCn1c(COc2ccc(C)cc2)nnc1SCC(=O)Nc1ccc(Cl)cc1. The highest BCUT2D eigenvalue weighted by Crippen LogP contribution is 2.20. The number of thioether (sulfide) groups is 1. The fraction of sp³-hybridized carbons (Fsp3) is 0.190. The highest BCUT2D eigenvalue weighted by Gasteiger charge is 2.14. The second kappa shape index (κ2) is 10.1. The van der Waals surface area contributed by atoms with E-state index in [9.17, 15) is 4.79 Å². The Morgan fingerprint density at radius 1 is 1.21 bits per heavy atom. The molecule has 6 nitrogen and oxygen atoms in total. The van der Waals surface area contributed by atoms with Crippen molar-refractivity contribution < 1.29 is 9.53 Å². The molecule has 8 heteroatoms. The van der Waals surface area contributed by atoms with Gasteiger partial charge in [0, 0.05) is 17.3 Å². The number of hydrogen-bond donors (Lipinski definition) is 1. The van der Waals surface area contributed by atoms with E-state index >= 15 is 0 Å². The molecular formula is C21H21ClN4O2S. The number of rotatable bonds is 9. The summed E-state index contributed by atoms with van der Waals surface area (Å²) in [5, 5.41) is 12.5. The second-order valence-electron chi connectivity index (χ2n) is 6.24. The van der Waals surface area contributed by atoms with Crippen molar-refractivity contribution in [2.45, 2.75) is 25.2 Å².